The lowest BCUT2D eigenvalue weighted by Crippen LogP contribution is -2.48. The van der Waals surface area contributed by atoms with E-state index in [1.165, 1.54) is 35.6 Å². The summed E-state index contributed by atoms with van der Waals surface area (Å²) in [5.74, 6) is -0.197. The third-order valence-electron chi connectivity index (χ3n) is 4.99. The maximum absolute atomic E-state index is 12.4. The molecule has 1 aliphatic rings. The second kappa shape index (κ2) is 8.62. The molecule has 1 fully saturated rings. The molecule has 160 valence electrons. The summed E-state index contributed by atoms with van der Waals surface area (Å²) in [6, 6.07) is 10.8. The van der Waals surface area contributed by atoms with E-state index in [2.05, 4.69) is 15.2 Å². The highest BCUT2D eigenvalue weighted by Crippen LogP contribution is 2.29. The zero-order chi connectivity index (χ0) is 22.0. The van der Waals surface area contributed by atoms with Crippen molar-refractivity contribution in [2.75, 3.05) is 42.9 Å². The van der Waals surface area contributed by atoms with Gasteiger partial charge in [0, 0.05) is 56.1 Å². The summed E-state index contributed by atoms with van der Waals surface area (Å²) in [5, 5.41) is 24.8. The van der Waals surface area contributed by atoms with Crippen LogP contribution in [0.3, 0.4) is 0 Å². The topological polar surface area (TPSA) is 135 Å². The van der Waals surface area contributed by atoms with Crippen LogP contribution in [-0.4, -0.2) is 58.4 Å². The number of benzene rings is 2. The monoisotopic (exact) mass is 442 g/mol. The standard InChI is InChI=1S/C19H18N6O5S/c26-18(21-19-20-16-6-5-15(25(29)30)11-17(16)31-19)12-22-7-9-23(10-8-22)13-1-3-14(4-2-13)24(27)28/h1-6,11H,7-10,12H2,(H,20,21,26). The Hall–Kier alpha value is -3.64. The number of aromatic nitrogens is 1. The molecule has 0 bridgehead atoms. The molecular formula is C19H18N6O5S. The summed E-state index contributed by atoms with van der Waals surface area (Å²) in [7, 11) is 0. The number of hydrogen-bond donors (Lipinski definition) is 1. The number of nitro groups is 2. The van der Waals surface area contributed by atoms with Gasteiger partial charge in [0.15, 0.2) is 5.13 Å². The summed E-state index contributed by atoms with van der Waals surface area (Å²) < 4.78 is 0.640. The minimum atomic E-state index is -0.465. The number of non-ortho nitro benzene ring substituents is 2. The van der Waals surface area contributed by atoms with Gasteiger partial charge in [-0.05, 0) is 18.2 Å². The Morgan fingerprint density at radius 2 is 1.65 bits per heavy atom. The molecule has 12 heteroatoms. The zero-order valence-corrected chi connectivity index (χ0v) is 17.1. The van der Waals surface area contributed by atoms with Gasteiger partial charge in [-0.3, -0.25) is 29.9 Å². The van der Waals surface area contributed by atoms with Gasteiger partial charge in [-0.2, -0.15) is 0 Å². The molecule has 0 radical (unpaired) electrons. The molecule has 1 aliphatic heterocycles. The van der Waals surface area contributed by atoms with Crippen LogP contribution >= 0.6 is 11.3 Å². The van der Waals surface area contributed by atoms with Gasteiger partial charge in [0.05, 0.1) is 26.6 Å². The SMILES string of the molecule is O=C(CN1CCN(c2ccc([N+](=O)[O-])cc2)CC1)Nc1nc2ccc([N+](=O)[O-])cc2s1. The fourth-order valence-corrected chi connectivity index (χ4v) is 4.31. The fourth-order valence-electron chi connectivity index (χ4n) is 3.39. The molecule has 4 rings (SSSR count). The highest BCUT2D eigenvalue weighted by Gasteiger charge is 2.20. The minimum absolute atomic E-state index is 0.0140. The molecule has 0 aliphatic carbocycles. The molecule has 1 amide bonds. The molecule has 1 N–H and O–H groups in total. The van der Waals surface area contributed by atoms with E-state index in [-0.39, 0.29) is 23.8 Å². The smallest absolute Gasteiger partial charge is 0.270 e. The number of nitrogens with zero attached hydrogens (tertiary/aromatic N) is 5. The van der Waals surface area contributed by atoms with Gasteiger partial charge in [-0.15, -0.1) is 0 Å². The van der Waals surface area contributed by atoms with Gasteiger partial charge in [0.2, 0.25) is 5.91 Å². The summed E-state index contributed by atoms with van der Waals surface area (Å²) in [5.41, 5.74) is 1.56. The van der Waals surface area contributed by atoms with Crippen molar-refractivity contribution in [2.24, 2.45) is 0 Å². The Bertz CT molecular complexity index is 1140. The average molecular weight is 442 g/mol. The summed E-state index contributed by atoms with van der Waals surface area (Å²) in [4.78, 5) is 41.6. The lowest BCUT2D eigenvalue weighted by molar-refractivity contribution is -0.385. The van der Waals surface area contributed by atoms with Crippen molar-refractivity contribution in [2.45, 2.75) is 0 Å². The van der Waals surface area contributed by atoms with Gasteiger partial charge in [-0.1, -0.05) is 11.3 Å². The largest absolute Gasteiger partial charge is 0.369 e. The first-order valence-electron chi connectivity index (χ1n) is 9.45. The molecule has 31 heavy (non-hydrogen) atoms. The van der Waals surface area contributed by atoms with Crippen LogP contribution in [0.15, 0.2) is 42.5 Å². The van der Waals surface area contributed by atoms with Gasteiger partial charge in [-0.25, -0.2) is 4.98 Å². The van der Waals surface area contributed by atoms with Gasteiger partial charge >= 0.3 is 0 Å². The van der Waals surface area contributed by atoms with E-state index in [1.807, 2.05) is 4.90 Å². The number of piperazine rings is 1. The van der Waals surface area contributed by atoms with Gasteiger partial charge in [0.1, 0.15) is 0 Å². The van der Waals surface area contributed by atoms with Crippen LogP contribution in [0.4, 0.5) is 22.2 Å². The molecule has 0 unspecified atom stereocenters. The minimum Gasteiger partial charge on any atom is -0.369 e. The van der Waals surface area contributed by atoms with Crippen LogP contribution in [0.2, 0.25) is 0 Å². The number of hydrogen-bond acceptors (Lipinski definition) is 9. The van der Waals surface area contributed by atoms with Crippen molar-refractivity contribution in [1.82, 2.24) is 9.88 Å². The van der Waals surface area contributed by atoms with Crippen LogP contribution in [0, 0.1) is 20.2 Å². The van der Waals surface area contributed by atoms with Crippen LogP contribution in [0.25, 0.3) is 10.2 Å². The lowest BCUT2D eigenvalue weighted by atomic mass is 10.2. The van der Waals surface area contributed by atoms with E-state index in [4.69, 9.17) is 0 Å². The number of amides is 1. The number of anilines is 2. The van der Waals surface area contributed by atoms with Gasteiger partial charge < -0.3 is 10.2 Å². The normalized spacial score (nSPS) is 14.5. The summed E-state index contributed by atoms with van der Waals surface area (Å²) >= 11 is 1.20. The number of thiazole rings is 1. The molecule has 2 aromatic carbocycles. The molecule has 11 nitrogen and oxygen atoms in total. The van der Waals surface area contributed by atoms with E-state index < -0.39 is 9.85 Å². The molecular weight excluding hydrogens is 424 g/mol. The molecule has 0 atom stereocenters. The number of rotatable bonds is 6. The Morgan fingerprint density at radius 1 is 1.00 bits per heavy atom. The summed E-state index contributed by atoms with van der Waals surface area (Å²) in [6.07, 6.45) is 0. The predicted molar refractivity (Wildman–Crippen MR) is 117 cm³/mol. The molecule has 3 aromatic rings. The molecule has 0 saturated carbocycles. The molecule has 0 spiro atoms. The van der Waals surface area contributed by atoms with Crippen molar-refractivity contribution in [3.8, 4) is 0 Å². The van der Waals surface area contributed by atoms with Crippen molar-refractivity contribution in [3.63, 3.8) is 0 Å². The average Bonchev–Trinajstić information content (AvgIpc) is 3.15. The maximum atomic E-state index is 12.4. The van der Waals surface area contributed by atoms with E-state index in [9.17, 15) is 25.0 Å². The molecule has 1 aromatic heterocycles. The number of nitro benzene ring substituents is 2. The number of carbonyl (C=O) groups excluding carboxylic acids is 1. The van der Waals surface area contributed by atoms with E-state index in [0.29, 0.717) is 41.5 Å². The van der Waals surface area contributed by atoms with Crippen LogP contribution < -0.4 is 10.2 Å². The van der Waals surface area contributed by atoms with Crippen molar-refractivity contribution in [1.29, 1.82) is 0 Å². The summed E-state index contributed by atoms with van der Waals surface area (Å²) in [6.45, 7) is 2.98. The second-order valence-corrected chi connectivity index (χ2v) is 8.04. The van der Waals surface area contributed by atoms with Crippen molar-refractivity contribution >= 4 is 49.7 Å². The Kier molecular flexibility index (Phi) is 5.73. The Labute approximate surface area is 180 Å². The van der Waals surface area contributed by atoms with Crippen molar-refractivity contribution < 1.29 is 14.6 Å². The molecule has 1 saturated heterocycles. The lowest BCUT2D eigenvalue weighted by Gasteiger charge is -2.35. The highest BCUT2D eigenvalue weighted by atomic mass is 32.1. The first-order valence-corrected chi connectivity index (χ1v) is 10.3. The quantitative estimate of drug-likeness (QED) is 0.455. The van der Waals surface area contributed by atoms with Crippen LogP contribution in [0.5, 0.6) is 0 Å². The van der Waals surface area contributed by atoms with Crippen LogP contribution in [0.1, 0.15) is 0 Å². The van der Waals surface area contributed by atoms with E-state index >= 15 is 0 Å². The maximum Gasteiger partial charge on any atom is 0.270 e. The second-order valence-electron chi connectivity index (χ2n) is 7.01. The zero-order valence-electron chi connectivity index (χ0n) is 16.3. The number of nitrogens with one attached hydrogen (secondary N) is 1. The van der Waals surface area contributed by atoms with Crippen LogP contribution in [-0.2, 0) is 4.79 Å². The van der Waals surface area contributed by atoms with E-state index in [1.54, 1.807) is 18.2 Å². The first-order chi connectivity index (χ1) is 14.9. The number of fused-ring (bicyclic) bond motifs is 1. The van der Waals surface area contributed by atoms with E-state index in [0.717, 1.165) is 5.69 Å². The Balaban J connectivity index is 1.30. The predicted octanol–water partition coefficient (Wildman–Crippen LogP) is 2.87. The third kappa shape index (κ3) is 4.75. The fraction of sp³-hybridized carbons (Fsp3) is 0.263. The first kappa shape index (κ1) is 20.6. The highest BCUT2D eigenvalue weighted by molar-refractivity contribution is 7.22. The van der Waals surface area contributed by atoms with Crippen molar-refractivity contribution in [3.05, 3.63) is 62.7 Å². The Morgan fingerprint density at radius 3 is 2.29 bits per heavy atom. The van der Waals surface area contributed by atoms with Gasteiger partial charge in [0.25, 0.3) is 11.4 Å². The number of carbonyl (C=O) groups is 1. The third-order valence-corrected chi connectivity index (χ3v) is 5.93. The molecule has 2 heterocycles.